The molecule has 2 N–H and O–H groups in total. The maximum absolute atomic E-state index is 12.3. The van der Waals surface area contributed by atoms with Gasteiger partial charge in [0.1, 0.15) is 5.75 Å². The van der Waals surface area contributed by atoms with E-state index in [1.54, 1.807) is 7.11 Å². The number of amides is 1. The standard InChI is InChI=1S/C15H22N2O2.ClH/c1-11(9-16)15(18)17(13-5-6-13)10-12-3-7-14(19-2)8-4-12;/h3-4,7-8,11,13H,5-6,9-10,16H2,1-2H3;1H. The van der Waals surface area contributed by atoms with E-state index in [0.29, 0.717) is 19.1 Å². The van der Waals surface area contributed by atoms with Gasteiger partial charge in [-0.3, -0.25) is 4.79 Å². The first kappa shape index (κ1) is 16.8. The van der Waals surface area contributed by atoms with Crippen LogP contribution in [0.25, 0.3) is 0 Å². The van der Waals surface area contributed by atoms with E-state index in [2.05, 4.69) is 0 Å². The molecule has 20 heavy (non-hydrogen) atoms. The fourth-order valence-electron chi connectivity index (χ4n) is 2.08. The van der Waals surface area contributed by atoms with Crippen LogP contribution in [0.4, 0.5) is 0 Å². The van der Waals surface area contributed by atoms with Crippen LogP contribution in [0.2, 0.25) is 0 Å². The lowest BCUT2D eigenvalue weighted by atomic mass is 10.1. The van der Waals surface area contributed by atoms with Crippen molar-refractivity contribution < 1.29 is 9.53 Å². The minimum absolute atomic E-state index is 0. The molecule has 1 aromatic carbocycles. The molecule has 1 atom stereocenters. The predicted molar refractivity (Wildman–Crippen MR) is 82.0 cm³/mol. The van der Waals surface area contributed by atoms with Gasteiger partial charge < -0.3 is 15.4 Å². The molecule has 1 aromatic rings. The lowest BCUT2D eigenvalue weighted by Crippen LogP contribution is -2.38. The summed E-state index contributed by atoms with van der Waals surface area (Å²) in [6.07, 6.45) is 2.22. The van der Waals surface area contributed by atoms with Crippen molar-refractivity contribution in [3.8, 4) is 5.75 Å². The Bertz CT molecular complexity index is 432. The molecule has 0 aromatic heterocycles. The third kappa shape index (κ3) is 4.12. The second kappa shape index (κ2) is 7.50. The van der Waals surface area contributed by atoms with Gasteiger partial charge in [0.25, 0.3) is 0 Å². The van der Waals surface area contributed by atoms with Crippen LogP contribution in [0.1, 0.15) is 25.3 Å². The Labute approximate surface area is 126 Å². The van der Waals surface area contributed by atoms with Crippen LogP contribution in [-0.2, 0) is 11.3 Å². The molecule has 5 heteroatoms. The van der Waals surface area contributed by atoms with Crippen LogP contribution in [-0.4, -0.2) is 30.5 Å². The molecule has 0 bridgehead atoms. The molecule has 112 valence electrons. The number of methoxy groups -OCH3 is 1. The minimum atomic E-state index is -0.0983. The van der Waals surface area contributed by atoms with Crippen molar-refractivity contribution in [1.29, 1.82) is 0 Å². The molecule has 2 rings (SSSR count). The lowest BCUT2D eigenvalue weighted by Gasteiger charge is -2.25. The molecule has 0 heterocycles. The highest BCUT2D eigenvalue weighted by atomic mass is 35.5. The Morgan fingerprint density at radius 2 is 2.00 bits per heavy atom. The molecule has 1 aliphatic rings. The number of carbonyl (C=O) groups excluding carboxylic acids is 1. The number of nitrogens with zero attached hydrogens (tertiary/aromatic N) is 1. The summed E-state index contributed by atoms with van der Waals surface area (Å²) in [4.78, 5) is 14.3. The maximum atomic E-state index is 12.3. The zero-order valence-electron chi connectivity index (χ0n) is 12.0. The van der Waals surface area contributed by atoms with Crippen LogP contribution in [0.15, 0.2) is 24.3 Å². The molecular weight excluding hydrogens is 276 g/mol. The van der Waals surface area contributed by atoms with Gasteiger partial charge in [-0.1, -0.05) is 19.1 Å². The quantitative estimate of drug-likeness (QED) is 0.876. The Balaban J connectivity index is 0.00000200. The lowest BCUT2D eigenvalue weighted by molar-refractivity contribution is -0.135. The Morgan fingerprint density at radius 1 is 1.40 bits per heavy atom. The van der Waals surface area contributed by atoms with E-state index in [1.807, 2.05) is 36.1 Å². The predicted octanol–water partition coefficient (Wildman–Crippen LogP) is 2.20. The van der Waals surface area contributed by atoms with Gasteiger partial charge in [0, 0.05) is 25.0 Å². The van der Waals surface area contributed by atoms with E-state index < -0.39 is 0 Å². The van der Waals surface area contributed by atoms with Crippen LogP contribution in [0, 0.1) is 5.92 Å². The van der Waals surface area contributed by atoms with Gasteiger partial charge >= 0.3 is 0 Å². The van der Waals surface area contributed by atoms with Crippen LogP contribution < -0.4 is 10.5 Å². The first-order chi connectivity index (χ1) is 9.15. The van der Waals surface area contributed by atoms with E-state index >= 15 is 0 Å². The van der Waals surface area contributed by atoms with Crippen LogP contribution in [0.3, 0.4) is 0 Å². The summed E-state index contributed by atoms with van der Waals surface area (Å²) in [6.45, 7) is 2.97. The second-order valence-corrected chi connectivity index (χ2v) is 5.18. The van der Waals surface area contributed by atoms with Gasteiger partial charge in [0.2, 0.25) is 5.91 Å². The number of benzene rings is 1. The summed E-state index contributed by atoms with van der Waals surface area (Å²) in [5, 5.41) is 0. The molecular formula is C15H23ClN2O2. The third-order valence-electron chi connectivity index (χ3n) is 3.56. The first-order valence-corrected chi connectivity index (χ1v) is 6.79. The number of ether oxygens (including phenoxy) is 1. The number of carbonyl (C=O) groups is 1. The molecule has 1 unspecified atom stereocenters. The fraction of sp³-hybridized carbons (Fsp3) is 0.533. The first-order valence-electron chi connectivity index (χ1n) is 6.79. The van der Waals surface area contributed by atoms with Crippen LogP contribution >= 0.6 is 12.4 Å². The molecule has 4 nitrogen and oxygen atoms in total. The third-order valence-corrected chi connectivity index (χ3v) is 3.56. The minimum Gasteiger partial charge on any atom is -0.497 e. The average Bonchev–Trinajstić information content (AvgIpc) is 3.28. The molecule has 1 fully saturated rings. The Morgan fingerprint density at radius 3 is 2.45 bits per heavy atom. The van der Waals surface area contributed by atoms with Crippen molar-refractivity contribution in [2.24, 2.45) is 11.7 Å². The number of halogens is 1. The van der Waals surface area contributed by atoms with Crippen molar-refractivity contribution >= 4 is 18.3 Å². The van der Waals surface area contributed by atoms with E-state index in [9.17, 15) is 4.79 Å². The maximum Gasteiger partial charge on any atom is 0.227 e. The number of nitrogens with two attached hydrogens (primary N) is 1. The number of hydrogen-bond donors (Lipinski definition) is 1. The monoisotopic (exact) mass is 298 g/mol. The summed E-state index contributed by atoms with van der Waals surface area (Å²) in [5.74, 6) is 0.906. The van der Waals surface area contributed by atoms with Crippen molar-refractivity contribution in [3.63, 3.8) is 0 Å². The summed E-state index contributed by atoms with van der Waals surface area (Å²) >= 11 is 0. The van der Waals surface area contributed by atoms with Gasteiger partial charge in [-0.15, -0.1) is 12.4 Å². The van der Waals surface area contributed by atoms with E-state index in [1.165, 1.54) is 0 Å². The van der Waals surface area contributed by atoms with Crippen molar-refractivity contribution in [2.75, 3.05) is 13.7 Å². The summed E-state index contributed by atoms with van der Waals surface area (Å²) in [5.41, 5.74) is 6.73. The molecule has 0 radical (unpaired) electrons. The Hall–Kier alpha value is -1.26. The van der Waals surface area contributed by atoms with Crippen molar-refractivity contribution in [2.45, 2.75) is 32.4 Å². The van der Waals surface area contributed by atoms with Crippen LogP contribution in [0.5, 0.6) is 5.75 Å². The van der Waals surface area contributed by atoms with Gasteiger partial charge in [-0.2, -0.15) is 0 Å². The van der Waals surface area contributed by atoms with Crippen molar-refractivity contribution in [3.05, 3.63) is 29.8 Å². The zero-order chi connectivity index (χ0) is 13.8. The highest BCUT2D eigenvalue weighted by Gasteiger charge is 2.34. The van der Waals surface area contributed by atoms with E-state index in [-0.39, 0.29) is 24.2 Å². The summed E-state index contributed by atoms with van der Waals surface area (Å²) < 4.78 is 5.14. The SMILES string of the molecule is COc1ccc(CN(C(=O)C(C)CN)C2CC2)cc1.Cl. The molecule has 1 aliphatic carbocycles. The largest absolute Gasteiger partial charge is 0.497 e. The number of hydrogen-bond acceptors (Lipinski definition) is 3. The van der Waals surface area contributed by atoms with Crippen molar-refractivity contribution in [1.82, 2.24) is 4.90 Å². The Kier molecular flexibility index (Phi) is 6.30. The van der Waals surface area contributed by atoms with Gasteiger partial charge in [-0.05, 0) is 30.5 Å². The summed E-state index contributed by atoms with van der Waals surface area (Å²) in [7, 11) is 1.65. The van der Waals surface area contributed by atoms with Gasteiger partial charge in [0.15, 0.2) is 0 Å². The smallest absolute Gasteiger partial charge is 0.227 e. The zero-order valence-corrected chi connectivity index (χ0v) is 12.9. The topological polar surface area (TPSA) is 55.6 Å². The van der Waals surface area contributed by atoms with E-state index in [4.69, 9.17) is 10.5 Å². The number of rotatable bonds is 6. The van der Waals surface area contributed by atoms with Gasteiger partial charge in [-0.25, -0.2) is 0 Å². The molecule has 0 spiro atoms. The van der Waals surface area contributed by atoms with Gasteiger partial charge in [0.05, 0.1) is 7.11 Å². The average molecular weight is 299 g/mol. The molecule has 0 saturated heterocycles. The highest BCUT2D eigenvalue weighted by Crippen LogP contribution is 2.29. The summed E-state index contributed by atoms with van der Waals surface area (Å²) in [6, 6.07) is 8.28. The molecule has 1 saturated carbocycles. The normalized spacial score (nSPS) is 15.2. The fourth-order valence-corrected chi connectivity index (χ4v) is 2.08. The highest BCUT2D eigenvalue weighted by molar-refractivity contribution is 5.85. The van der Waals surface area contributed by atoms with E-state index in [0.717, 1.165) is 24.2 Å². The molecule has 0 aliphatic heterocycles. The second-order valence-electron chi connectivity index (χ2n) is 5.18. The molecule has 1 amide bonds.